The van der Waals surface area contributed by atoms with Gasteiger partial charge < -0.3 is 10.8 Å². The molecule has 0 saturated heterocycles. The third kappa shape index (κ3) is 2.12. The van der Waals surface area contributed by atoms with Gasteiger partial charge in [0, 0.05) is 19.1 Å². The molecule has 0 spiro atoms. The van der Waals surface area contributed by atoms with Crippen LogP contribution in [0.2, 0.25) is 0 Å². The average Bonchev–Trinajstić information content (AvgIpc) is 2.70. The minimum atomic E-state index is -0.251. The molecule has 0 bridgehead atoms. The number of aliphatic hydroxyl groups is 1. The molecule has 3 N–H and O–H groups in total. The van der Waals surface area contributed by atoms with Gasteiger partial charge in [0.2, 0.25) is 0 Å². The van der Waals surface area contributed by atoms with Crippen LogP contribution in [0.15, 0.2) is 18.2 Å². The van der Waals surface area contributed by atoms with Crippen molar-refractivity contribution in [1.82, 2.24) is 4.90 Å². The Kier molecular flexibility index (Phi) is 3.28. The molecule has 1 aromatic rings. The summed E-state index contributed by atoms with van der Waals surface area (Å²) < 4.78 is 0. The highest BCUT2D eigenvalue weighted by molar-refractivity contribution is 5.36. The van der Waals surface area contributed by atoms with Crippen LogP contribution in [0.3, 0.4) is 0 Å². The Labute approximate surface area is 96.9 Å². The van der Waals surface area contributed by atoms with E-state index in [1.54, 1.807) is 0 Å². The lowest BCUT2D eigenvalue weighted by atomic mass is 10.0. The summed E-state index contributed by atoms with van der Waals surface area (Å²) >= 11 is 0. The summed E-state index contributed by atoms with van der Waals surface area (Å²) in [5.74, 6) is 0. The number of aliphatic hydroxyl groups excluding tert-OH is 1. The highest BCUT2D eigenvalue weighted by Crippen LogP contribution is 2.26. The molecule has 0 aromatic heterocycles. The number of fused-ring (bicyclic) bond motifs is 1. The Hall–Kier alpha value is -0.900. The van der Waals surface area contributed by atoms with Gasteiger partial charge in [0.1, 0.15) is 0 Å². The standard InChI is InChI=1S/C13H20N2O/c1-9(2)15-6-11-4-3-10(13(14)8-16)5-12(11)7-15/h3-5,9,13,16H,6-8,14H2,1-2H3. The van der Waals surface area contributed by atoms with E-state index >= 15 is 0 Å². The molecule has 1 atom stereocenters. The lowest BCUT2D eigenvalue weighted by Crippen LogP contribution is -2.24. The van der Waals surface area contributed by atoms with E-state index < -0.39 is 0 Å². The van der Waals surface area contributed by atoms with Crippen molar-refractivity contribution in [1.29, 1.82) is 0 Å². The number of benzene rings is 1. The van der Waals surface area contributed by atoms with Crippen molar-refractivity contribution in [2.75, 3.05) is 6.61 Å². The van der Waals surface area contributed by atoms with E-state index in [9.17, 15) is 0 Å². The zero-order chi connectivity index (χ0) is 11.7. The number of nitrogens with two attached hydrogens (primary N) is 1. The van der Waals surface area contributed by atoms with E-state index in [1.807, 2.05) is 6.07 Å². The van der Waals surface area contributed by atoms with Crippen molar-refractivity contribution >= 4 is 0 Å². The first-order chi connectivity index (χ1) is 7.61. The normalized spacial score (nSPS) is 17.8. The van der Waals surface area contributed by atoms with Crippen LogP contribution in [-0.2, 0) is 13.1 Å². The number of hydrogen-bond donors (Lipinski definition) is 2. The number of rotatable bonds is 3. The van der Waals surface area contributed by atoms with Gasteiger partial charge in [0.15, 0.2) is 0 Å². The fraction of sp³-hybridized carbons (Fsp3) is 0.538. The predicted molar refractivity (Wildman–Crippen MR) is 64.8 cm³/mol. The van der Waals surface area contributed by atoms with E-state index in [0.29, 0.717) is 6.04 Å². The van der Waals surface area contributed by atoms with Crippen LogP contribution in [0, 0.1) is 0 Å². The van der Waals surface area contributed by atoms with Crippen LogP contribution < -0.4 is 5.73 Å². The predicted octanol–water partition coefficient (Wildman–Crippen LogP) is 1.40. The minimum Gasteiger partial charge on any atom is -0.394 e. The quantitative estimate of drug-likeness (QED) is 0.809. The molecule has 1 heterocycles. The average molecular weight is 220 g/mol. The van der Waals surface area contributed by atoms with Gasteiger partial charge in [-0.05, 0) is 30.5 Å². The highest BCUT2D eigenvalue weighted by Gasteiger charge is 2.21. The molecule has 0 saturated carbocycles. The Morgan fingerprint density at radius 1 is 1.31 bits per heavy atom. The Morgan fingerprint density at radius 3 is 2.62 bits per heavy atom. The molecule has 0 aliphatic carbocycles. The zero-order valence-electron chi connectivity index (χ0n) is 9.98. The zero-order valence-corrected chi connectivity index (χ0v) is 9.98. The molecule has 1 unspecified atom stereocenters. The number of hydrogen-bond acceptors (Lipinski definition) is 3. The first-order valence-electron chi connectivity index (χ1n) is 5.84. The SMILES string of the molecule is CC(C)N1Cc2ccc(C(N)CO)cc2C1. The second kappa shape index (κ2) is 4.53. The summed E-state index contributed by atoms with van der Waals surface area (Å²) in [6.07, 6.45) is 0. The van der Waals surface area contributed by atoms with Gasteiger partial charge >= 0.3 is 0 Å². The molecular formula is C13H20N2O. The minimum absolute atomic E-state index is 0.00663. The van der Waals surface area contributed by atoms with E-state index in [-0.39, 0.29) is 12.6 Å². The molecule has 3 nitrogen and oxygen atoms in total. The molecule has 3 heteroatoms. The van der Waals surface area contributed by atoms with Crippen molar-refractivity contribution in [3.63, 3.8) is 0 Å². The summed E-state index contributed by atoms with van der Waals surface area (Å²) in [4.78, 5) is 2.43. The van der Waals surface area contributed by atoms with Crippen molar-refractivity contribution in [2.45, 2.75) is 39.0 Å². The second-order valence-corrected chi connectivity index (χ2v) is 4.82. The Balaban J connectivity index is 2.20. The molecule has 0 radical (unpaired) electrons. The Morgan fingerprint density at radius 2 is 2.00 bits per heavy atom. The third-order valence-electron chi connectivity index (χ3n) is 3.33. The highest BCUT2D eigenvalue weighted by atomic mass is 16.3. The van der Waals surface area contributed by atoms with E-state index in [0.717, 1.165) is 18.7 Å². The smallest absolute Gasteiger partial charge is 0.0624 e. The monoisotopic (exact) mass is 220 g/mol. The third-order valence-corrected chi connectivity index (χ3v) is 3.33. The van der Waals surface area contributed by atoms with Crippen LogP contribution in [0.25, 0.3) is 0 Å². The second-order valence-electron chi connectivity index (χ2n) is 4.82. The van der Waals surface area contributed by atoms with Crippen LogP contribution in [-0.4, -0.2) is 22.7 Å². The summed E-state index contributed by atoms with van der Waals surface area (Å²) in [7, 11) is 0. The summed E-state index contributed by atoms with van der Waals surface area (Å²) in [5.41, 5.74) is 9.60. The topological polar surface area (TPSA) is 49.5 Å². The summed E-state index contributed by atoms with van der Waals surface area (Å²) in [6, 6.07) is 6.63. The van der Waals surface area contributed by atoms with Crippen LogP contribution in [0.4, 0.5) is 0 Å². The Bertz CT molecular complexity index is 376. The molecule has 1 aliphatic rings. The maximum atomic E-state index is 9.04. The first kappa shape index (κ1) is 11.6. The fourth-order valence-electron chi connectivity index (χ4n) is 2.14. The van der Waals surface area contributed by atoms with Crippen LogP contribution in [0.5, 0.6) is 0 Å². The first-order valence-corrected chi connectivity index (χ1v) is 5.84. The number of nitrogens with zero attached hydrogens (tertiary/aromatic N) is 1. The summed E-state index contributed by atoms with van der Waals surface area (Å²) in [5, 5.41) is 9.04. The van der Waals surface area contributed by atoms with Gasteiger partial charge in [-0.1, -0.05) is 18.2 Å². The van der Waals surface area contributed by atoms with Crippen molar-refractivity contribution in [3.8, 4) is 0 Å². The van der Waals surface area contributed by atoms with E-state index in [4.69, 9.17) is 10.8 Å². The molecule has 0 amide bonds. The fourth-order valence-corrected chi connectivity index (χ4v) is 2.14. The molecule has 88 valence electrons. The molecule has 0 fully saturated rings. The van der Waals surface area contributed by atoms with Gasteiger partial charge in [-0.3, -0.25) is 4.90 Å². The van der Waals surface area contributed by atoms with Gasteiger partial charge in [-0.15, -0.1) is 0 Å². The lowest BCUT2D eigenvalue weighted by molar-refractivity contribution is 0.227. The van der Waals surface area contributed by atoms with E-state index in [2.05, 4.69) is 30.9 Å². The maximum absolute atomic E-state index is 9.04. The maximum Gasteiger partial charge on any atom is 0.0624 e. The van der Waals surface area contributed by atoms with Crippen molar-refractivity contribution in [3.05, 3.63) is 34.9 Å². The van der Waals surface area contributed by atoms with Gasteiger partial charge in [0.05, 0.1) is 12.6 Å². The molecule has 16 heavy (non-hydrogen) atoms. The molecular weight excluding hydrogens is 200 g/mol. The van der Waals surface area contributed by atoms with E-state index in [1.165, 1.54) is 11.1 Å². The largest absolute Gasteiger partial charge is 0.394 e. The van der Waals surface area contributed by atoms with Crippen LogP contribution >= 0.6 is 0 Å². The van der Waals surface area contributed by atoms with Crippen molar-refractivity contribution in [2.24, 2.45) is 5.73 Å². The van der Waals surface area contributed by atoms with Gasteiger partial charge in [-0.25, -0.2) is 0 Å². The van der Waals surface area contributed by atoms with Gasteiger partial charge in [-0.2, -0.15) is 0 Å². The van der Waals surface area contributed by atoms with Crippen LogP contribution in [0.1, 0.15) is 36.6 Å². The molecule has 1 aromatic carbocycles. The molecule has 2 rings (SSSR count). The molecule has 1 aliphatic heterocycles. The lowest BCUT2D eigenvalue weighted by Gasteiger charge is -2.18. The van der Waals surface area contributed by atoms with Crippen molar-refractivity contribution < 1.29 is 5.11 Å². The summed E-state index contributed by atoms with van der Waals surface area (Å²) in [6.45, 7) is 6.46. The van der Waals surface area contributed by atoms with Gasteiger partial charge in [0.25, 0.3) is 0 Å².